The Morgan fingerprint density at radius 1 is 1.42 bits per heavy atom. The zero-order chi connectivity index (χ0) is 13.9. The number of ether oxygens (including phenoxy) is 1. The summed E-state index contributed by atoms with van der Waals surface area (Å²) in [6.07, 6.45) is 1.27. The van der Waals surface area contributed by atoms with E-state index < -0.39 is 5.60 Å². The van der Waals surface area contributed by atoms with Crippen LogP contribution in [0.3, 0.4) is 0 Å². The number of cyclic esters (lactones) is 1. The van der Waals surface area contributed by atoms with E-state index >= 15 is 0 Å². The van der Waals surface area contributed by atoms with Gasteiger partial charge in [-0.15, -0.1) is 0 Å². The molecule has 1 atom stereocenters. The van der Waals surface area contributed by atoms with Gasteiger partial charge in [0.25, 0.3) is 0 Å². The lowest BCUT2D eigenvalue weighted by atomic mass is 10.00. The summed E-state index contributed by atoms with van der Waals surface area (Å²) in [7, 11) is 0. The summed E-state index contributed by atoms with van der Waals surface area (Å²) in [6.45, 7) is 3.50. The molecule has 1 aliphatic heterocycles. The Morgan fingerprint density at radius 2 is 2.11 bits per heavy atom. The van der Waals surface area contributed by atoms with Crippen molar-refractivity contribution in [2.45, 2.75) is 31.9 Å². The van der Waals surface area contributed by atoms with Gasteiger partial charge in [0.15, 0.2) is 0 Å². The van der Waals surface area contributed by atoms with Gasteiger partial charge in [-0.05, 0) is 44.0 Å². The van der Waals surface area contributed by atoms with E-state index in [0.29, 0.717) is 19.6 Å². The number of amides is 1. The van der Waals surface area contributed by atoms with Gasteiger partial charge in [-0.1, -0.05) is 12.1 Å². The van der Waals surface area contributed by atoms with Gasteiger partial charge in [0.05, 0.1) is 6.54 Å². The summed E-state index contributed by atoms with van der Waals surface area (Å²) < 4.78 is 18.2. The smallest absolute Gasteiger partial charge is 0.410 e. The van der Waals surface area contributed by atoms with Crippen molar-refractivity contribution in [1.82, 2.24) is 4.90 Å². The van der Waals surface area contributed by atoms with Crippen molar-refractivity contribution >= 4 is 6.09 Å². The Bertz CT molecular complexity index is 449. The largest absolute Gasteiger partial charge is 0.441 e. The third-order valence-electron chi connectivity index (χ3n) is 3.31. The van der Waals surface area contributed by atoms with Crippen LogP contribution in [0, 0.1) is 5.82 Å². The Kier molecular flexibility index (Phi) is 4.04. The zero-order valence-corrected chi connectivity index (χ0v) is 11.1. The van der Waals surface area contributed by atoms with Crippen molar-refractivity contribution in [3.63, 3.8) is 0 Å². The van der Waals surface area contributed by atoms with Gasteiger partial charge in [-0.2, -0.15) is 0 Å². The summed E-state index contributed by atoms with van der Waals surface area (Å²) in [5, 5.41) is 0. The van der Waals surface area contributed by atoms with E-state index in [9.17, 15) is 9.18 Å². The SMILES string of the molecule is CC1(CCCN)CN(Cc2ccc(F)cc2)C(=O)O1. The number of nitrogens with two attached hydrogens (primary N) is 1. The Morgan fingerprint density at radius 3 is 2.74 bits per heavy atom. The number of hydrogen-bond acceptors (Lipinski definition) is 3. The van der Waals surface area contributed by atoms with Gasteiger partial charge < -0.3 is 10.5 Å². The monoisotopic (exact) mass is 266 g/mol. The van der Waals surface area contributed by atoms with Gasteiger partial charge >= 0.3 is 6.09 Å². The molecule has 5 heteroatoms. The van der Waals surface area contributed by atoms with Crippen LogP contribution in [0.5, 0.6) is 0 Å². The van der Waals surface area contributed by atoms with Crippen LogP contribution in [0.1, 0.15) is 25.3 Å². The minimum Gasteiger partial charge on any atom is -0.441 e. The third kappa shape index (κ3) is 3.44. The molecule has 1 amide bonds. The van der Waals surface area contributed by atoms with Crippen molar-refractivity contribution in [1.29, 1.82) is 0 Å². The second kappa shape index (κ2) is 5.57. The molecule has 0 saturated carbocycles. The highest BCUT2D eigenvalue weighted by Crippen LogP contribution is 2.28. The van der Waals surface area contributed by atoms with Gasteiger partial charge in [0, 0.05) is 6.54 Å². The van der Waals surface area contributed by atoms with Crippen LogP contribution in [0.4, 0.5) is 9.18 Å². The standard InChI is InChI=1S/C14H19FN2O2/c1-14(7-2-8-16)10-17(13(18)19-14)9-11-3-5-12(15)6-4-11/h3-6H,2,7-10,16H2,1H3. The molecule has 1 aromatic carbocycles. The van der Waals surface area contributed by atoms with E-state index in [1.807, 2.05) is 6.92 Å². The summed E-state index contributed by atoms with van der Waals surface area (Å²) in [5.74, 6) is -0.277. The molecule has 104 valence electrons. The molecule has 0 spiro atoms. The van der Waals surface area contributed by atoms with Crippen molar-refractivity contribution in [2.24, 2.45) is 5.73 Å². The average molecular weight is 266 g/mol. The first-order valence-corrected chi connectivity index (χ1v) is 6.45. The summed E-state index contributed by atoms with van der Waals surface area (Å²) in [5.41, 5.74) is 5.91. The molecule has 1 fully saturated rings. The van der Waals surface area contributed by atoms with Gasteiger partial charge in [0.1, 0.15) is 11.4 Å². The van der Waals surface area contributed by atoms with Crippen molar-refractivity contribution in [3.8, 4) is 0 Å². The van der Waals surface area contributed by atoms with Crippen molar-refractivity contribution in [3.05, 3.63) is 35.6 Å². The minimum atomic E-state index is -0.462. The van der Waals surface area contributed by atoms with E-state index in [4.69, 9.17) is 10.5 Å². The third-order valence-corrected chi connectivity index (χ3v) is 3.31. The number of rotatable bonds is 5. The molecule has 1 unspecified atom stereocenters. The molecule has 0 bridgehead atoms. The number of carbonyl (C=O) groups is 1. The summed E-state index contributed by atoms with van der Waals surface area (Å²) in [4.78, 5) is 13.5. The zero-order valence-electron chi connectivity index (χ0n) is 11.1. The highest BCUT2D eigenvalue weighted by atomic mass is 19.1. The fraction of sp³-hybridized carbons (Fsp3) is 0.500. The normalized spacial score (nSPS) is 22.7. The number of halogens is 1. The Labute approximate surface area is 112 Å². The van der Waals surface area contributed by atoms with Crippen molar-refractivity contribution in [2.75, 3.05) is 13.1 Å². The van der Waals surface area contributed by atoms with Gasteiger partial charge in [-0.3, -0.25) is 4.90 Å². The van der Waals surface area contributed by atoms with E-state index in [0.717, 1.165) is 18.4 Å². The molecule has 2 rings (SSSR count). The van der Waals surface area contributed by atoms with Crippen LogP contribution < -0.4 is 5.73 Å². The molecule has 1 saturated heterocycles. The molecule has 1 aromatic rings. The van der Waals surface area contributed by atoms with E-state index in [-0.39, 0.29) is 11.9 Å². The maximum atomic E-state index is 12.8. The first-order valence-electron chi connectivity index (χ1n) is 6.45. The van der Waals surface area contributed by atoms with Gasteiger partial charge in [-0.25, -0.2) is 9.18 Å². The minimum absolute atomic E-state index is 0.277. The quantitative estimate of drug-likeness (QED) is 0.889. The number of nitrogens with zero attached hydrogens (tertiary/aromatic N) is 1. The van der Waals surface area contributed by atoms with Crippen LogP contribution in [0.2, 0.25) is 0 Å². The van der Waals surface area contributed by atoms with Crippen LogP contribution in [-0.4, -0.2) is 29.7 Å². The van der Waals surface area contributed by atoms with Crippen LogP contribution in [-0.2, 0) is 11.3 Å². The van der Waals surface area contributed by atoms with Crippen LogP contribution in [0.25, 0.3) is 0 Å². The molecular formula is C14H19FN2O2. The fourth-order valence-electron chi connectivity index (χ4n) is 2.31. The Balaban J connectivity index is 1.98. The summed E-state index contributed by atoms with van der Waals surface area (Å²) in [6, 6.07) is 6.14. The van der Waals surface area contributed by atoms with E-state index in [2.05, 4.69) is 0 Å². The lowest BCUT2D eigenvalue weighted by molar-refractivity contribution is 0.0638. The lowest BCUT2D eigenvalue weighted by Crippen LogP contribution is -2.31. The fourth-order valence-corrected chi connectivity index (χ4v) is 2.31. The lowest BCUT2D eigenvalue weighted by Gasteiger charge is -2.21. The van der Waals surface area contributed by atoms with Crippen molar-refractivity contribution < 1.29 is 13.9 Å². The molecule has 0 aliphatic carbocycles. The second-order valence-corrected chi connectivity index (χ2v) is 5.19. The van der Waals surface area contributed by atoms with E-state index in [1.54, 1.807) is 17.0 Å². The Hall–Kier alpha value is -1.62. The predicted molar refractivity (Wildman–Crippen MR) is 70.0 cm³/mol. The summed E-state index contributed by atoms with van der Waals surface area (Å²) >= 11 is 0. The molecule has 1 aliphatic rings. The molecule has 19 heavy (non-hydrogen) atoms. The molecule has 0 aromatic heterocycles. The second-order valence-electron chi connectivity index (χ2n) is 5.19. The maximum absolute atomic E-state index is 12.8. The first-order chi connectivity index (χ1) is 9.02. The predicted octanol–water partition coefficient (Wildman–Crippen LogP) is 2.28. The van der Waals surface area contributed by atoms with Crippen LogP contribution >= 0.6 is 0 Å². The number of hydrogen-bond donors (Lipinski definition) is 1. The highest BCUT2D eigenvalue weighted by Gasteiger charge is 2.40. The maximum Gasteiger partial charge on any atom is 0.410 e. The molecule has 0 radical (unpaired) electrons. The van der Waals surface area contributed by atoms with Crippen LogP contribution in [0.15, 0.2) is 24.3 Å². The molecule has 2 N–H and O–H groups in total. The number of benzene rings is 1. The first kappa shape index (κ1) is 13.8. The topological polar surface area (TPSA) is 55.6 Å². The van der Waals surface area contributed by atoms with Gasteiger partial charge in [0.2, 0.25) is 0 Å². The van der Waals surface area contributed by atoms with E-state index in [1.165, 1.54) is 12.1 Å². The number of carbonyl (C=O) groups excluding carboxylic acids is 1. The molecule has 4 nitrogen and oxygen atoms in total. The highest BCUT2D eigenvalue weighted by molar-refractivity contribution is 5.70. The average Bonchev–Trinajstić information content (AvgIpc) is 2.65. The molecular weight excluding hydrogens is 247 g/mol. The molecule has 1 heterocycles.